The number of esters is 5. The number of rotatable bonds is 23. The van der Waals surface area contributed by atoms with Crippen LogP contribution in [-0.4, -0.2) is 135 Å². The third-order valence-corrected chi connectivity index (χ3v) is 14.8. The lowest BCUT2D eigenvalue weighted by atomic mass is 9.91. The van der Waals surface area contributed by atoms with Crippen LogP contribution in [0, 0.1) is 5.92 Å². The number of halogens is 3. The zero-order chi connectivity index (χ0) is 63.8. The lowest BCUT2D eigenvalue weighted by Crippen LogP contribution is -2.64. The number of benzene rings is 4. The van der Waals surface area contributed by atoms with Crippen LogP contribution in [0.25, 0.3) is 17.2 Å². The van der Waals surface area contributed by atoms with E-state index in [1.807, 2.05) is 53.1 Å². The number of alkyl carbamates (subject to hydrolysis) is 1. The molecule has 25 heteroatoms. The Morgan fingerprint density at radius 3 is 2.09 bits per heavy atom. The predicted octanol–water partition coefficient (Wildman–Crippen LogP) is 7.28. The van der Waals surface area contributed by atoms with Crippen molar-refractivity contribution in [3.63, 3.8) is 0 Å². The standard InChI is InChI=1S/C64H66F3N5O17/c1-38(73)84-55-56(85-39(2)74)58(86-40(3)75)61(89-57(55)60(79)82-4)88-52-23-21-43(33-51(52)70-54(77)25-29-69-63(81)83-37-50-48-19-7-5-17-46(48)47-18-6-8-20-49(47)50)36-71-30-12-14-42(35-71)22-24-53(76)68-28-10-9-13-41-26-31-72(32-27-41)59(78)44-15-11-16-45(34-44)87-62(80)64(65,66)67/h5-8,11-12,14-24,30,33-35,41,50,55-58,61H,9-10,13,25-29,31-32,36-37H2,1-4H3,(H2-,68,69,70,76,77,81)/p+1/b24-22+/t55-,56-,57-,58+,61+/m0/s1. The Bertz CT molecular complexity index is 3410. The zero-order valence-corrected chi connectivity index (χ0v) is 49.1. The molecule has 0 bridgehead atoms. The molecule has 1 aliphatic carbocycles. The largest absolute Gasteiger partial charge is 0.491 e. The number of pyridine rings is 1. The molecular formula is C64H67F3N5O17+. The van der Waals surface area contributed by atoms with E-state index in [-0.39, 0.29) is 66.6 Å². The Labute approximate surface area is 509 Å². The molecule has 0 unspecified atom stereocenters. The van der Waals surface area contributed by atoms with Crippen molar-refractivity contribution in [3.05, 3.63) is 149 Å². The Kier molecular flexibility index (Phi) is 22.3. The van der Waals surface area contributed by atoms with E-state index in [1.54, 1.807) is 47.6 Å². The summed E-state index contributed by atoms with van der Waals surface area (Å²) < 4.78 is 83.6. The van der Waals surface area contributed by atoms with Crippen LogP contribution < -0.4 is 30.0 Å². The normalized spacial score (nSPS) is 18.1. The molecule has 22 nitrogen and oxygen atoms in total. The first-order valence-electron chi connectivity index (χ1n) is 28.7. The minimum Gasteiger partial charge on any atom is -0.467 e. The molecule has 0 radical (unpaired) electrons. The number of amides is 4. The van der Waals surface area contributed by atoms with Gasteiger partial charge in [-0.2, -0.15) is 13.2 Å². The summed E-state index contributed by atoms with van der Waals surface area (Å²) in [5.41, 5.74) is 5.62. The van der Waals surface area contributed by atoms with Gasteiger partial charge in [-0.05, 0) is 96.0 Å². The Morgan fingerprint density at radius 1 is 0.742 bits per heavy atom. The molecule has 8 rings (SSSR count). The highest BCUT2D eigenvalue weighted by Crippen LogP contribution is 2.44. The molecule has 2 aliphatic heterocycles. The number of alkyl halides is 3. The van der Waals surface area contributed by atoms with Gasteiger partial charge in [0.2, 0.25) is 24.2 Å². The number of fused-ring (bicyclic) bond motifs is 3. The maximum atomic E-state index is 13.8. The summed E-state index contributed by atoms with van der Waals surface area (Å²) in [5, 5.41) is 8.33. The number of nitrogens with one attached hydrogen (secondary N) is 3. The van der Waals surface area contributed by atoms with Crippen LogP contribution in [0.3, 0.4) is 0 Å². The van der Waals surface area contributed by atoms with Crippen molar-refractivity contribution in [2.45, 2.75) is 109 Å². The second kappa shape index (κ2) is 30.3. The molecular weight excluding hydrogens is 1170 g/mol. The fourth-order valence-corrected chi connectivity index (χ4v) is 10.7. The van der Waals surface area contributed by atoms with E-state index < -0.39 is 78.7 Å². The number of hydrogen-bond donors (Lipinski definition) is 3. The summed E-state index contributed by atoms with van der Waals surface area (Å²) in [6, 6.07) is 29.2. The summed E-state index contributed by atoms with van der Waals surface area (Å²) >= 11 is 0. The summed E-state index contributed by atoms with van der Waals surface area (Å²) in [7, 11) is 1.05. The highest BCUT2D eigenvalue weighted by Gasteiger charge is 2.56. The minimum absolute atomic E-state index is 0.0508. The van der Waals surface area contributed by atoms with Crippen LogP contribution in [0.2, 0.25) is 0 Å². The van der Waals surface area contributed by atoms with Gasteiger partial charge in [-0.25, -0.2) is 19.0 Å². The Morgan fingerprint density at radius 2 is 1.42 bits per heavy atom. The van der Waals surface area contributed by atoms with Gasteiger partial charge in [-0.3, -0.25) is 28.8 Å². The second-order valence-corrected chi connectivity index (χ2v) is 21.2. The fraction of sp³-hybridized carbons (Fsp3) is 0.375. The molecule has 470 valence electrons. The van der Waals surface area contributed by atoms with Crippen molar-refractivity contribution in [2.75, 3.05) is 45.2 Å². The third-order valence-electron chi connectivity index (χ3n) is 14.8. The number of hydrogen-bond acceptors (Lipinski definition) is 17. The smallest absolute Gasteiger partial charge is 0.467 e. The Hall–Kier alpha value is -9.65. The first kappa shape index (κ1) is 65.3. The van der Waals surface area contributed by atoms with Crippen LogP contribution in [0.4, 0.5) is 23.7 Å². The maximum Gasteiger partial charge on any atom is 0.491 e. The molecule has 4 amide bonds. The number of anilines is 1. The number of carbonyl (C=O) groups is 9. The lowest BCUT2D eigenvalue weighted by molar-refractivity contribution is -0.688. The third kappa shape index (κ3) is 18.0. The van der Waals surface area contributed by atoms with Crippen molar-refractivity contribution in [1.29, 1.82) is 0 Å². The van der Waals surface area contributed by atoms with E-state index in [0.717, 1.165) is 81.9 Å². The number of methoxy groups -OCH3 is 1. The van der Waals surface area contributed by atoms with Crippen molar-refractivity contribution in [3.8, 4) is 22.6 Å². The SMILES string of the molecule is COC(=O)[C@H]1O[C@@H](Oc2ccc(C[n+]3cccc(/C=C/C(=O)NCCCCC4CCN(C(=O)c5cccc(OC(=O)C(F)(F)F)c5)CC4)c3)cc2NC(=O)CCNC(=O)OCC2c3ccccc3-c3ccccc32)[C@H](OC(C)=O)[C@@H](OC(C)=O)[C@@H]1OC(C)=O. The summed E-state index contributed by atoms with van der Waals surface area (Å²) in [6.07, 6.45) is -4.23. The summed E-state index contributed by atoms with van der Waals surface area (Å²) in [4.78, 5) is 116. The van der Waals surface area contributed by atoms with Gasteiger partial charge in [0.1, 0.15) is 18.1 Å². The molecule has 3 heterocycles. The molecule has 2 saturated heterocycles. The number of carbonyl (C=O) groups excluding carboxylic acids is 9. The topological polar surface area (TPSA) is 271 Å². The summed E-state index contributed by atoms with van der Waals surface area (Å²) in [5.74, 6) is -7.71. The molecule has 0 saturated carbocycles. The van der Waals surface area contributed by atoms with Gasteiger partial charge in [0.25, 0.3) is 5.91 Å². The van der Waals surface area contributed by atoms with E-state index in [9.17, 15) is 56.3 Å². The molecule has 0 spiro atoms. The predicted molar refractivity (Wildman–Crippen MR) is 309 cm³/mol. The number of piperidine rings is 1. The lowest BCUT2D eigenvalue weighted by Gasteiger charge is -2.43. The van der Waals surface area contributed by atoms with E-state index in [2.05, 4.69) is 20.7 Å². The van der Waals surface area contributed by atoms with Crippen LogP contribution in [-0.2, 0) is 68.5 Å². The Balaban J connectivity index is 0.881. The average Bonchev–Trinajstić information content (AvgIpc) is 1.86. The molecule has 3 aliphatic rings. The van der Waals surface area contributed by atoms with E-state index in [4.69, 9.17) is 33.2 Å². The van der Waals surface area contributed by atoms with Crippen LogP contribution in [0.15, 0.2) is 122 Å². The van der Waals surface area contributed by atoms with E-state index in [0.29, 0.717) is 43.1 Å². The van der Waals surface area contributed by atoms with Gasteiger partial charge < -0.3 is 58.7 Å². The van der Waals surface area contributed by atoms with Crippen molar-refractivity contribution < 1.29 is 98.8 Å². The average molecular weight is 1240 g/mol. The van der Waals surface area contributed by atoms with Crippen molar-refractivity contribution in [1.82, 2.24) is 15.5 Å². The molecule has 5 atom stereocenters. The van der Waals surface area contributed by atoms with Gasteiger partial charge in [0, 0.05) is 88.1 Å². The van der Waals surface area contributed by atoms with Gasteiger partial charge >= 0.3 is 42.1 Å². The highest BCUT2D eigenvalue weighted by molar-refractivity contribution is 5.95. The molecule has 89 heavy (non-hydrogen) atoms. The first-order chi connectivity index (χ1) is 42.6. The van der Waals surface area contributed by atoms with Crippen LogP contribution in [0.5, 0.6) is 11.5 Å². The molecule has 4 aromatic carbocycles. The number of ether oxygens (including phenoxy) is 8. The van der Waals surface area contributed by atoms with E-state index in [1.165, 1.54) is 30.3 Å². The number of aromatic nitrogens is 1. The van der Waals surface area contributed by atoms with E-state index >= 15 is 0 Å². The molecule has 1 aromatic heterocycles. The number of likely N-dealkylation sites (tertiary alicyclic amines) is 1. The van der Waals surface area contributed by atoms with Crippen LogP contribution in [0.1, 0.15) is 97.8 Å². The van der Waals surface area contributed by atoms with Gasteiger partial charge in [0.15, 0.2) is 37.3 Å². The van der Waals surface area contributed by atoms with Gasteiger partial charge in [-0.15, -0.1) is 0 Å². The van der Waals surface area contributed by atoms with Crippen LogP contribution >= 0.6 is 0 Å². The minimum atomic E-state index is -5.17. The quantitative estimate of drug-likeness (QED) is 0.0145. The monoisotopic (exact) mass is 1230 g/mol. The van der Waals surface area contributed by atoms with Gasteiger partial charge in [-0.1, -0.05) is 67.4 Å². The van der Waals surface area contributed by atoms with Crippen molar-refractivity contribution in [2.24, 2.45) is 5.92 Å². The van der Waals surface area contributed by atoms with Crippen molar-refractivity contribution >= 4 is 65.4 Å². The molecule has 3 N–H and O–H groups in total. The number of nitrogens with zero attached hydrogens (tertiary/aromatic N) is 2. The first-order valence-corrected chi connectivity index (χ1v) is 28.7. The fourth-order valence-electron chi connectivity index (χ4n) is 10.7. The second-order valence-electron chi connectivity index (χ2n) is 21.2. The van der Waals surface area contributed by atoms with Gasteiger partial charge in [0.05, 0.1) is 12.8 Å². The highest BCUT2D eigenvalue weighted by atomic mass is 19.4. The number of unbranched alkanes of at least 4 members (excludes halogenated alkanes) is 1. The molecule has 2 fully saturated rings. The zero-order valence-electron chi connectivity index (χ0n) is 49.1. The maximum absolute atomic E-state index is 13.8. The summed E-state index contributed by atoms with van der Waals surface area (Å²) in [6.45, 7) is 4.59. The molecule has 5 aromatic rings.